The number of phenols is 1. The number of aromatic nitrogens is 1. The minimum absolute atomic E-state index is 0.0423. The fourth-order valence-corrected chi connectivity index (χ4v) is 6.40. The molecule has 0 bridgehead atoms. The summed E-state index contributed by atoms with van der Waals surface area (Å²) < 4.78 is 8.12. The molecule has 0 spiro atoms. The van der Waals surface area contributed by atoms with E-state index in [1.807, 2.05) is 60.7 Å². The third-order valence-corrected chi connectivity index (χ3v) is 8.10. The predicted molar refractivity (Wildman–Crippen MR) is 151 cm³/mol. The van der Waals surface area contributed by atoms with E-state index >= 15 is 0 Å². The number of nitrogens with zero attached hydrogens (tertiary/aromatic N) is 3. The second-order valence-corrected chi connectivity index (χ2v) is 10.7. The molecule has 4 rings (SSSR count). The SMILES string of the molecule is CCN(CC)C(=O)C1=C(C)N=c2s/c(=C/c3cc(Cl)cc(I)c3O)c(=O)n2[C@H]1c1ccccc1OC. The summed E-state index contributed by atoms with van der Waals surface area (Å²) in [5, 5.41) is 11.0. The Morgan fingerprint density at radius 3 is 2.67 bits per heavy atom. The van der Waals surface area contributed by atoms with Crippen molar-refractivity contribution in [3.63, 3.8) is 0 Å². The second kappa shape index (κ2) is 10.8. The number of benzene rings is 2. The van der Waals surface area contributed by atoms with E-state index in [2.05, 4.69) is 4.99 Å². The van der Waals surface area contributed by atoms with Gasteiger partial charge in [-0.05, 0) is 67.6 Å². The van der Waals surface area contributed by atoms with Crippen LogP contribution in [0.2, 0.25) is 5.02 Å². The van der Waals surface area contributed by atoms with Crippen molar-refractivity contribution in [1.82, 2.24) is 9.47 Å². The summed E-state index contributed by atoms with van der Waals surface area (Å²) in [5.41, 5.74) is 1.79. The number of phenolic OH excluding ortho intramolecular Hbond substituents is 1. The number of methoxy groups -OCH3 is 1. The molecule has 188 valence electrons. The van der Waals surface area contributed by atoms with Gasteiger partial charge in [0.2, 0.25) is 0 Å². The maximum absolute atomic E-state index is 13.8. The van der Waals surface area contributed by atoms with Crippen LogP contribution >= 0.6 is 45.5 Å². The fraction of sp³-hybridized carbons (Fsp3) is 0.269. The molecule has 10 heteroatoms. The lowest BCUT2D eigenvalue weighted by atomic mass is 9.94. The van der Waals surface area contributed by atoms with E-state index in [4.69, 9.17) is 16.3 Å². The lowest BCUT2D eigenvalue weighted by molar-refractivity contribution is -0.127. The molecular formula is C26H25ClIN3O4S. The van der Waals surface area contributed by atoms with E-state index in [1.165, 1.54) is 11.3 Å². The summed E-state index contributed by atoms with van der Waals surface area (Å²) in [6.07, 6.45) is 1.61. The van der Waals surface area contributed by atoms with Crippen LogP contribution in [0.25, 0.3) is 6.08 Å². The van der Waals surface area contributed by atoms with Gasteiger partial charge in [0.1, 0.15) is 17.5 Å². The van der Waals surface area contributed by atoms with Crippen LogP contribution in [0.4, 0.5) is 0 Å². The van der Waals surface area contributed by atoms with E-state index in [1.54, 1.807) is 41.7 Å². The number of aromatic hydroxyl groups is 1. The lowest BCUT2D eigenvalue weighted by Gasteiger charge is -2.29. The van der Waals surface area contributed by atoms with Gasteiger partial charge in [-0.1, -0.05) is 41.1 Å². The van der Waals surface area contributed by atoms with Crippen LogP contribution in [0.5, 0.6) is 11.5 Å². The van der Waals surface area contributed by atoms with E-state index in [0.29, 0.717) is 59.2 Å². The molecule has 1 atom stereocenters. The predicted octanol–water partition coefficient (Wildman–Crippen LogP) is 4.08. The van der Waals surface area contributed by atoms with Crippen LogP contribution in [-0.2, 0) is 4.79 Å². The van der Waals surface area contributed by atoms with Crippen LogP contribution in [0.1, 0.15) is 37.9 Å². The topological polar surface area (TPSA) is 84.1 Å². The van der Waals surface area contributed by atoms with Gasteiger partial charge in [0.25, 0.3) is 11.5 Å². The summed E-state index contributed by atoms with van der Waals surface area (Å²) in [6.45, 7) is 6.69. The number of carbonyl (C=O) groups is 1. The zero-order chi connectivity index (χ0) is 26.1. The number of fused-ring (bicyclic) bond motifs is 1. The summed E-state index contributed by atoms with van der Waals surface area (Å²) >= 11 is 9.39. The highest BCUT2D eigenvalue weighted by Crippen LogP contribution is 2.36. The molecule has 1 amide bonds. The van der Waals surface area contributed by atoms with Gasteiger partial charge >= 0.3 is 0 Å². The van der Waals surface area contributed by atoms with Crippen molar-refractivity contribution in [2.24, 2.45) is 4.99 Å². The summed E-state index contributed by atoms with van der Waals surface area (Å²) in [6, 6.07) is 9.90. The van der Waals surface area contributed by atoms with Crippen molar-refractivity contribution in [3.05, 3.63) is 87.1 Å². The maximum atomic E-state index is 13.8. The average molecular weight is 638 g/mol. The van der Waals surface area contributed by atoms with Crippen LogP contribution in [-0.4, -0.2) is 40.7 Å². The molecule has 0 radical (unpaired) electrons. The molecule has 1 aliphatic rings. The fourth-order valence-electron chi connectivity index (χ4n) is 4.30. The van der Waals surface area contributed by atoms with Crippen molar-refractivity contribution >= 4 is 57.5 Å². The zero-order valence-corrected chi connectivity index (χ0v) is 23.9. The normalized spacial score (nSPS) is 15.5. The van der Waals surface area contributed by atoms with Gasteiger partial charge < -0.3 is 14.7 Å². The summed E-state index contributed by atoms with van der Waals surface area (Å²) in [7, 11) is 1.56. The Hall–Kier alpha value is -2.63. The van der Waals surface area contributed by atoms with Crippen LogP contribution in [0.15, 0.2) is 57.5 Å². The third kappa shape index (κ3) is 4.71. The summed E-state index contributed by atoms with van der Waals surface area (Å²) in [4.78, 5) is 34.4. The van der Waals surface area contributed by atoms with Gasteiger partial charge in [-0.15, -0.1) is 0 Å². The smallest absolute Gasteiger partial charge is 0.271 e. The number of allylic oxidation sites excluding steroid dienone is 1. The van der Waals surface area contributed by atoms with E-state index in [0.717, 1.165) is 0 Å². The highest BCUT2D eigenvalue weighted by Gasteiger charge is 2.35. The molecule has 0 unspecified atom stereocenters. The number of amides is 1. The molecule has 0 fully saturated rings. The molecule has 36 heavy (non-hydrogen) atoms. The summed E-state index contributed by atoms with van der Waals surface area (Å²) in [5.74, 6) is 0.438. The number of thiazole rings is 1. The number of hydrogen-bond donors (Lipinski definition) is 1. The molecule has 7 nitrogen and oxygen atoms in total. The lowest BCUT2D eigenvalue weighted by Crippen LogP contribution is -2.43. The first-order valence-electron chi connectivity index (χ1n) is 11.3. The molecular weight excluding hydrogens is 613 g/mol. The Morgan fingerprint density at radius 2 is 2.00 bits per heavy atom. The van der Waals surface area contributed by atoms with E-state index in [9.17, 15) is 14.7 Å². The Labute approximate surface area is 231 Å². The van der Waals surface area contributed by atoms with Gasteiger partial charge in [0, 0.05) is 29.2 Å². The first-order chi connectivity index (χ1) is 17.2. The van der Waals surface area contributed by atoms with Gasteiger partial charge in [-0.2, -0.15) is 0 Å². The highest BCUT2D eigenvalue weighted by molar-refractivity contribution is 14.1. The van der Waals surface area contributed by atoms with Crippen molar-refractivity contribution in [3.8, 4) is 11.5 Å². The Kier molecular flexibility index (Phi) is 7.91. The molecule has 0 saturated carbocycles. The number of likely N-dealkylation sites (N-methyl/N-ethyl adjacent to an activating group) is 1. The van der Waals surface area contributed by atoms with Crippen molar-refractivity contribution in [2.45, 2.75) is 26.8 Å². The quantitative estimate of drug-likeness (QED) is 0.413. The largest absolute Gasteiger partial charge is 0.506 e. The van der Waals surface area contributed by atoms with Crippen LogP contribution in [0.3, 0.4) is 0 Å². The molecule has 2 heterocycles. The Balaban J connectivity index is 2.02. The number of carbonyl (C=O) groups excluding carboxylic acids is 1. The van der Waals surface area contributed by atoms with Crippen molar-refractivity contribution in [1.29, 1.82) is 0 Å². The maximum Gasteiger partial charge on any atom is 0.271 e. The number of ether oxygens (including phenoxy) is 1. The molecule has 1 aromatic heterocycles. The number of rotatable bonds is 6. The van der Waals surface area contributed by atoms with Gasteiger partial charge in [0.05, 0.1) is 26.5 Å². The second-order valence-electron chi connectivity index (χ2n) is 8.13. The van der Waals surface area contributed by atoms with Crippen molar-refractivity contribution in [2.75, 3.05) is 20.2 Å². The van der Waals surface area contributed by atoms with Crippen molar-refractivity contribution < 1.29 is 14.6 Å². The van der Waals surface area contributed by atoms with Gasteiger partial charge in [0.15, 0.2) is 4.80 Å². The van der Waals surface area contributed by atoms with E-state index < -0.39 is 6.04 Å². The molecule has 1 aliphatic heterocycles. The first kappa shape index (κ1) is 26.4. The monoisotopic (exact) mass is 637 g/mol. The molecule has 2 aromatic carbocycles. The van der Waals surface area contributed by atoms with Gasteiger partial charge in [-0.25, -0.2) is 4.99 Å². The van der Waals surface area contributed by atoms with Crippen LogP contribution < -0.4 is 19.6 Å². The molecule has 0 saturated heterocycles. The number of para-hydroxylation sites is 1. The minimum atomic E-state index is -0.722. The number of hydrogen-bond acceptors (Lipinski definition) is 6. The molecule has 0 aliphatic carbocycles. The average Bonchev–Trinajstić information content (AvgIpc) is 3.16. The number of halogens is 2. The molecule has 3 aromatic rings. The zero-order valence-electron chi connectivity index (χ0n) is 20.2. The Morgan fingerprint density at radius 1 is 1.31 bits per heavy atom. The third-order valence-electron chi connectivity index (χ3n) is 6.08. The highest BCUT2D eigenvalue weighted by atomic mass is 127. The van der Waals surface area contributed by atoms with Crippen LogP contribution in [0, 0.1) is 3.57 Å². The first-order valence-corrected chi connectivity index (χ1v) is 13.6. The standard InChI is InChI=1S/C26H25ClIN3O4S/c1-5-30(6-2)25(34)21-14(3)29-26-31(22(21)17-9-7-8-10-19(17)35-4)24(33)20(36-26)12-15-11-16(27)13-18(28)23(15)32/h7-13,22,32H,5-6H2,1-4H3/b20-12+/t22-/m0/s1. The van der Waals surface area contributed by atoms with E-state index in [-0.39, 0.29) is 17.2 Å². The minimum Gasteiger partial charge on any atom is -0.506 e. The Bertz CT molecular complexity index is 1560. The van der Waals surface area contributed by atoms with Gasteiger partial charge in [-0.3, -0.25) is 14.2 Å². The molecule has 1 N–H and O–H groups in total.